The number of benzene rings is 2. The van der Waals surface area contributed by atoms with Crippen LogP contribution in [0.3, 0.4) is 0 Å². The maximum Gasteiger partial charge on any atom is 0.813 e. The summed E-state index contributed by atoms with van der Waals surface area (Å²) in [7, 11) is 3.62. The van der Waals surface area contributed by atoms with Gasteiger partial charge in [-0.3, -0.25) is 0 Å². The first kappa shape index (κ1) is 21.5. The van der Waals surface area contributed by atoms with Crippen molar-refractivity contribution in [3.8, 4) is 0 Å². The van der Waals surface area contributed by atoms with Crippen molar-refractivity contribution in [3.63, 3.8) is 0 Å². The first-order valence-electron chi connectivity index (χ1n) is 10.2. The third kappa shape index (κ3) is 4.23. The van der Waals surface area contributed by atoms with Crippen LogP contribution in [0.2, 0.25) is 5.04 Å². The fourth-order valence-electron chi connectivity index (χ4n) is 4.56. The van der Waals surface area contributed by atoms with Crippen LogP contribution < -0.4 is 10.4 Å². The van der Waals surface area contributed by atoms with Crippen molar-refractivity contribution in [1.82, 2.24) is 0 Å². The van der Waals surface area contributed by atoms with E-state index in [0.29, 0.717) is 13.2 Å². The minimum absolute atomic E-state index is 0.0330. The first-order valence-corrected chi connectivity index (χ1v) is 14.8. The summed E-state index contributed by atoms with van der Waals surface area (Å²) in [5.41, 5.74) is 0. The van der Waals surface area contributed by atoms with Crippen molar-refractivity contribution in [2.45, 2.75) is 50.5 Å². The van der Waals surface area contributed by atoms with Crippen molar-refractivity contribution in [2.75, 3.05) is 13.2 Å². The number of hydrogen-bond donors (Lipinski definition) is 0. The molecular weight excluding hydrogens is 419 g/mol. The van der Waals surface area contributed by atoms with Crippen LogP contribution in [-0.2, 0) is 16.7 Å². The maximum atomic E-state index is 7.00. The topological polar surface area (TPSA) is 36.9 Å². The van der Waals surface area contributed by atoms with E-state index in [0.717, 1.165) is 6.42 Å². The van der Waals surface area contributed by atoms with Gasteiger partial charge in [-0.05, 0) is 21.8 Å². The molecule has 2 aromatic carbocycles. The molecule has 2 aliphatic heterocycles. The lowest BCUT2D eigenvalue weighted by Gasteiger charge is -2.44. The first-order chi connectivity index (χ1) is 13.9. The Morgan fingerprint density at radius 3 is 2.14 bits per heavy atom. The van der Waals surface area contributed by atoms with E-state index in [1.807, 2.05) is 0 Å². The summed E-state index contributed by atoms with van der Waals surface area (Å²) in [6, 6.07) is 21.3. The number of rotatable bonds is 5. The molecule has 2 aromatic rings. The minimum atomic E-state index is -2.59. The Bertz CT molecular complexity index is 762. The van der Waals surface area contributed by atoms with E-state index in [-0.39, 0.29) is 23.4 Å². The van der Waals surface area contributed by atoms with Crippen molar-refractivity contribution in [2.24, 2.45) is 0 Å². The molecule has 2 heterocycles. The van der Waals surface area contributed by atoms with E-state index in [9.17, 15) is 0 Å². The number of fused-ring (bicyclic) bond motifs is 1. The van der Waals surface area contributed by atoms with Crippen LogP contribution >= 0.6 is 10.0 Å². The quantitative estimate of drug-likeness (QED) is 0.660. The Hall–Kier alpha value is -0.681. The summed E-state index contributed by atoms with van der Waals surface area (Å²) >= 11 is -2.07. The van der Waals surface area contributed by atoms with Gasteiger partial charge in [0.05, 0.1) is 18.8 Å². The van der Waals surface area contributed by atoms with Gasteiger partial charge in [0.2, 0.25) is 0 Å². The summed E-state index contributed by atoms with van der Waals surface area (Å²) in [6.07, 6.45) is 0.574. The van der Waals surface area contributed by atoms with Crippen molar-refractivity contribution >= 4 is 42.6 Å². The second-order valence-electron chi connectivity index (χ2n) is 8.72. The minimum Gasteiger partial charge on any atom is -0.461 e. The highest BCUT2D eigenvalue weighted by Crippen LogP contribution is 2.38. The Morgan fingerprint density at radius 2 is 1.59 bits per heavy atom. The maximum absolute atomic E-state index is 7.00. The van der Waals surface area contributed by atoms with E-state index >= 15 is 0 Å². The van der Waals surface area contributed by atoms with Crippen molar-refractivity contribution in [3.05, 3.63) is 60.7 Å². The molecule has 2 aliphatic rings. The van der Waals surface area contributed by atoms with Gasteiger partial charge >= 0.3 is 13.9 Å². The summed E-state index contributed by atoms with van der Waals surface area (Å²) in [5.74, 6) is 0. The van der Waals surface area contributed by atoms with Gasteiger partial charge in [0.1, 0.15) is 6.10 Å². The van der Waals surface area contributed by atoms with Crippen molar-refractivity contribution < 1.29 is 16.7 Å². The highest BCUT2D eigenvalue weighted by Gasteiger charge is 2.53. The number of halogens is 1. The van der Waals surface area contributed by atoms with Gasteiger partial charge in [-0.2, -0.15) is 10.0 Å². The highest BCUT2D eigenvalue weighted by molar-refractivity contribution is 7.00. The predicted octanol–water partition coefficient (Wildman–Crippen LogP) is 3.36. The molecular formula is C22H28AlClO4Si. The number of ether oxygens (including phenoxy) is 1. The Balaban J connectivity index is 1.69. The van der Waals surface area contributed by atoms with Crippen molar-refractivity contribution in [1.29, 1.82) is 0 Å². The molecule has 7 heteroatoms. The Kier molecular flexibility index (Phi) is 6.55. The van der Waals surface area contributed by atoms with Crippen LogP contribution in [0.4, 0.5) is 0 Å². The molecule has 0 saturated carbocycles. The molecule has 0 bridgehead atoms. The molecule has 0 aromatic heterocycles. The molecule has 4 nitrogen and oxygen atoms in total. The van der Waals surface area contributed by atoms with E-state index in [1.165, 1.54) is 10.4 Å². The molecule has 29 heavy (non-hydrogen) atoms. The molecule has 4 rings (SSSR count). The van der Waals surface area contributed by atoms with Gasteiger partial charge in [-0.15, -0.1) is 0 Å². The van der Waals surface area contributed by atoms with E-state index in [1.54, 1.807) is 0 Å². The third-order valence-corrected chi connectivity index (χ3v) is 12.6. The average Bonchev–Trinajstić information content (AvgIpc) is 3.10. The largest absolute Gasteiger partial charge is 0.813 e. The summed E-state index contributed by atoms with van der Waals surface area (Å²) in [4.78, 5) is 0. The second-order valence-corrected chi connectivity index (χ2v) is 15.2. The van der Waals surface area contributed by atoms with E-state index < -0.39 is 22.2 Å². The van der Waals surface area contributed by atoms with Gasteiger partial charge in [-0.1, -0.05) is 81.4 Å². The fraction of sp³-hybridized carbons (Fsp3) is 0.455. The molecule has 0 N–H and O–H groups in total. The standard InChI is InChI=1S/C22H28O4Si.Al.ClH/c1-22(2,3)27(17-10-6-4-7-11-17,18-12-8-5-9-13-18)26-16-20-21(24)19(23)14-15-25-20;;/h4-13,19-21H,14-16H2,1-3H3;;1H/q-2;+3;/p-1/t19-,20-,21+;;/m1../s1. The summed E-state index contributed by atoms with van der Waals surface area (Å²) < 4.78 is 24.8. The molecule has 0 spiro atoms. The van der Waals surface area contributed by atoms with Gasteiger partial charge < -0.3 is 16.7 Å². The smallest absolute Gasteiger partial charge is 0.461 e. The fourth-order valence-corrected chi connectivity index (χ4v) is 11.1. The molecule has 154 valence electrons. The molecule has 0 amide bonds. The van der Waals surface area contributed by atoms with Crippen LogP contribution in [-0.4, -0.2) is 53.7 Å². The SMILES string of the molecule is CC(C)(C)[Si](OC[C@H]1OCC[C@H]2[O][Al]([Cl])[O][C@H]12)(c1ccccc1)c1ccccc1. The number of hydrogen-bond acceptors (Lipinski definition) is 4. The normalized spacial score (nSPS) is 25.1. The zero-order valence-corrected chi connectivity index (χ0v) is 20.1. The lowest BCUT2D eigenvalue weighted by molar-refractivity contribution is -0.0985. The lowest BCUT2D eigenvalue weighted by atomic mass is 10.0. The predicted molar refractivity (Wildman–Crippen MR) is 119 cm³/mol. The van der Waals surface area contributed by atoms with Crippen LogP contribution in [0.5, 0.6) is 0 Å². The summed E-state index contributed by atoms with van der Waals surface area (Å²) in [6.45, 7) is 7.95. The molecule has 0 radical (unpaired) electrons. The van der Waals surface area contributed by atoms with Crippen LogP contribution in [0.15, 0.2) is 60.7 Å². The van der Waals surface area contributed by atoms with Gasteiger partial charge in [0.25, 0.3) is 8.32 Å². The molecule has 0 unspecified atom stereocenters. The zero-order valence-electron chi connectivity index (χ0n) is 17.2. The molecule has 3 atom stereocenters. The monoisotopic (exact) mass is 446 g/mol. The van der Waals surface area contributed by atoms with Crippen LogP contribution in [0, 0.1) is 0 Å². The molecule has 0 aliphatic carbocycles. The van der Waals surface area contributed by atoms with E-state index in [4.69, 9.17) is 26.8 Å². The zero-order chi connectivity index (χ0) is 20.5. The third-order valence-electron chi connectivity index (χ3n) is 5.89. The van der Waals surface area contributed by atoms with Gasteiger partial charge in [-0.25, -0.2) is 0 Å². The van der Waals surface area contributed by atoms with E-state index in [2.05, 4.69) is 81.4 Å². The molecule has 2 fully saturated rings. The molecule has 2 saturated heterocycles. The lowest BCUT2D eigenvalue weighted by Crippen LogP contribution is -2.67. The van der Waals surface area contributed by atoms with Crippen LogP contribution in [0.25, 0.3) is 0 Å². The summed E-state index contributed by atoms with van der Waals surface area (Å²) in [5, 5.41) is 2.46. The van der Waals surface area contributed by atoms with Crippen LogP contribution in [0.1, 0.15) is 27.2 Å². The Morgan fingerprint density at radius 1 is 1.00 bits per heavy atom. The average molecular weight is 447 g/mol. The highest BCUT2D eigenvalue weighted by atomic mass is 35.6. The van der Waals surface area contributed by atoms with Gasteiger partial charge in [0, 0.05) is 6.61 Å². The Labute approximate surface area is 183 Å². The second kappa shape index (κ2) is 8.82. The van der Waals surface area contributed by atoms with Gasteiger partial charge in [0.15, 0.2) is 0 Å².